The van der Waals surface area contributed by atoms with Gasteiger partial charge in [-0.3, -0.25) is 0 Å². The Labute approximate surface area is 142 Å². The summed E-state index contributed by atoms with van der Waals surface area (Å²) in [6.07, 6.45) is -0.338. The quantitative estimate of drug-likeness (QED) is 0.564. The highest BCUT2D eigenvalue weighted by Gasteiger charge is 2.10. The molecule has 0 aliphatic heterocycles. The average Bonchev–Trinajstić information content (AvgIpc) is 2.60. The van der Waals surface area contributed by atoms with Gasteiger partial charge in [0.05, 0.1) is 7.11 Å². The summed E-state index contributed by atoms with van der Waals surface area (Å²) in [7, 11) is 1.65. The number of esters is 1. The van der Waals surface area contributed by atoms with Crippen LogP contribution in [-0.2, 0) is 9.53 Å². The van der Waals surface area contributed by atoms with Gasteiger partial charge in [-0.1, -0.05) is 30.8 Å². The largest absolute Gasteiger partial charge is 0.497 e. The molecule has 0 fully saturated rings. The first kappa shape index (κ1) is 17.6. The van der Waals surface area contributed by atoms with E-state index < -0.39 is 5.97 Å². The molecule has 0 aromatic heterocycles. The summed E-state index contributed by atoms with van der Waals surface area (Å²) in [6.45, 7) is 7.25. The standard InChI is InChI=1S/C20H22O4/c1-14(2)20(21)24-15(3)13-23-19-11-7-17(8-12-19)16-5-9-18(22-4)10-6-16/h5-12,15H,1,13H2,2-4H3/t15-/m0/s1. The van der Waals surface area contributed by atoms with E-state index in [0.29, 0.717) is 12.2 Å². The van der Waals surface area contributed by atoms with Gasteiger partial charge in [0.25, 0.3) is 0 Å². The lowest BCUT2D eigenvalue weighted by atomic mass is 10.1. The summed E-state index contributed by atoms with van der Waals surface area (Å²) in [4.78, 5) is 11.4. The highest BCUT2D eigenvalue weighted by molar-refractivity contribution is 5.87. The third-order valence-corrected chi connectivity index (χ3v) is 3.42. The zero-order valence-electron chi connectivity index (χ0n) is 14.2. The molecular weight excluding hydrogens is 304 g/mol. The van der Waals surface area contributed by atoms with Gasteiger partial charge in [0, 0.05) is 5.57 Å². The van der Waals surface area contributed by atoms with Crippen molar-refractivity contribution in [2.75, 3.05) is 13.7 Å². The van der Waals surface area contributed by atoms with Gasteiger partial charge in [-0.2, -0.15) is 0 Å². The molecule has 2 aromatic carbocycles. The number of benzene rings is 2. The second kappa shape index (κ2) is 8.20. The van der Waals surface area contributed by atoms with Crippen molar-refractivity contribution in [1.82, 2.24) is 0 Å². The SMILES string of the molecule is C=C(C)C(=O)O[C@@H](C)COc1ccc(-c2ccc(OC)cc2)cc1. The summed E-state index contributed by atoms with van der Waals surface area (Å²) < 4.78 is 16.0. The normalized spacial score (nSPS) is 11.5. The predicted octanol–water partition coefficient (Wildman–Crippen LogP) is 4.25. The molecule has 0 saturated heterocycles. The maximum absolute atomic E-state index is 11.4. The first-order chi connectivity index (χ1) is 11.5. The molecule has 4 heteroatoms. The zero-order chi connectivity index (χ0) is 17.5. The topological polar surface area (TPSA) is 44.8 Å². The summed E-state index contributed by atoms with van der Waals surface area (Å²) in [5.41, 5.74) is 2.57. The molecule has 2 aromatic rings. The van der Waals surface area contributed by atoms with Crippen molar-refractivity contribution in [2.45, 2.75) is 20.0 Å². The van der Waals surface area contributed by atoms with Crippen LogP contribution in [0.1, 0.15) is 13.8 Å². The van der Waals surface area contributed by atoms with Gasteiger partial charge >= 0.3 is 5.97 Å². The second-order valence-electron chi connectivity index (χ2n) is 5.56. The van der Waals surface area contributed by atoms with Gasteiger partial charge in [-0.25, -0.2) is 4.79 Å². The van der Waals surface area contributed by atoms with Gasteiger partial charge in [-0.05, 0) is 49.2 Å². The fourth-order valence-electron chi connectivity index (χ4n) is 2.06. The summed E-state index contributed by atoms with van der Waals surface area (Å²) in [6, 6.07) is 15.6. The van der Waals surface area contributed by atoms with E-state index in [1.165, 1.54) is 0 Å². The number of carbonyl (C=O) groups is 1. The lowest BCUT2D eigenvalue weighted by Crippen LogP contribution is -2.22. The van der Waals surface area contributed by atoms with E-state index in [-0.39, 0.29) is 6.10 Å². The molecule has 0 heterocycles. The van der Waals surface area contributed by atoms with Crippen LogP contribution in [0.3, 0.4) is 0 Å². The minimum Gasteiger partial charge on any atom is -0.497 e. The zero-order valence-corrected chi connectivity index (χ0v) is 14.2. The third-order valence-electron chi connectivity index (χ3n) is 3.42. The highest BCUT2D eigenvalue weighted by Crippen LogP contribution is 2.24. The Morgan fingerprint density at radius 2 is 1.50 bits per heavy atom. The predicted molar refractivity (Wildman–Crippen MR) is 94.3 cm³/mol. The van der Waals surface area contributed by atoms with E-state index in [9.17, 15) is 4.79 Å². The van der Waals surface area contributed by atoms with Crippen LogP contribution >= 0.6 is 0 Å². The molecule has 0 unspecified atom stereocenters. The number of ether oxygens (including phenoxy) is 3. The molecule has 126 valence electrons. The Balaban J connectivity index is 1.91. The molecule has 0 aliphatic carbocycles. The Bertz CT molecular complexity index is 687. The average molecular weight is 326 g/mol. The first-order valence-electron chi connectivity index (χ1n) is 7.73. The highest BCUT2D eigenvalue weighted by atomic mass is 16.6. The number of rotatable bonds is 7. The molecule has 4 nitrogen and oxygen atoms in total. The molecule has 24 heavy (non-hydrogen) atoms. The van der Waals surface area contributed by atoms with Gasteiger partial charge in [0.2, 0.25) is 0 Å². The molecule has 2 rings (SSSR count). The second-order valence-corrected chi connectivity index (χ2v) is 5.56. The Hall–Kier alpha value is -2.75. The van der Waals surface area contributed by atoms with E-state index in [4.69, 9.17) is 14.2 Å². The van der Waals surface area contributed by atoms with Crippen LogP contribution in [0.4, 0.5) is 0 Å². The lowest BCUT2D eigenvalue weighted by molar-refractivity contribution is -0.144. The minimum atomic E-state index is -0.402. The van der Waals surface area contributed by atoms with Crippen LogP contribution < -0.4 is 9.47 Å². The number of carbonyl (C=O) groups excluding carboxylic acids is 1. The fourth-order valence-corrected chi connectivity index (χ4v) is 2.06. The van der Waals surface area contributed by atoms with Crippen molar-refractivity contribution >= 4 is 5.97 Å². The fraction of sp³-hybridized carbons (Fsp3) is 0.250. The van der Waals surface area contributed by atoms with Crippen molar-refractivity contribution in [3.63, 3.8) is 0 Å². The summed E-state index contributed by atoms with van der Waals surface area (Å²) in [5.74, 6) is 1.16. The summed E-state index contributed by atoms with van der Waals surface area (Å²) in [5, 5.41) is 0. The number of hydrogen-bond acceptors (Lipinski definition) is 4. The van der Waals surface area contributed by atoms with Crippen molar-refractivity contribution in [3.05, 3.63) is 60.7 Å². The Morgan fingerprint density at radius 3 is 1.96 bits per heavy atom. The van der Waals surface area contributed by atoms with Crippen molar-refractivity contribution in [3.8, 4) is 22.6 Å². The van der Waals surface area contributed by atoms with Gasteiger partial charge in [0.1, 0.15) is 24.2 Å². The van der Waals surface area contributed by atoms with E-state index >= 15 is 0 Å². The van der Waals surface area contributed by atoms with Crippen LogP contribution in [0.5, 0.6) is 11.5 Å². The number of hydrogen-bond donors (Lipinski definition) is 0. The van der Waals surface area contributed by atoms with Crippen molar-refractivity contribution in [1.29, 1.82) is 0 Å². The molecule has 0 saturated carbocycles. The van der Waals surface area contributed by atoms with E-state index in [0.717, 1.165) is 22.6 Å². The van der Waals surface area contributed by atoms with E-state index in [2.05, 4.69) is 6.58 Å². The first-order valence-corrected chi connectivity index (χ1v) is 7.73. The summed E-state index contributed by atoms with van der Waals surface area (Å²) >= 11 is 0. The van der Waals surface area contributed by atoms with Crippen molar-refractivity contribution < 1.29 is 19.0 Å². The number of methoxy groups -OCH3 is 1. The van der Waals surface area contributed by atoms with Gasteiger partial charge < -0.3 is 14.2 Å². The van der Waals surface area contributed by atoms with E-state index in [1.54, 1.807) is 21.0 Å². The monoisotopic (exact) mass is 326 g/mol. The molecule has 0 N–H and O–H groups in total. The lowest BCUT2D eigenvalue weighted by Gasteiger charge is -2.14. The van der Waals surface area contributed by atoms with E-state index in [1.807, 2.05) is 48.5 Å². The molecule has 0 aliphatic rings. The van der Waals surface area contributed by atoms with Crippen LogP contribution in [0.15, 0.2) is 60.7 Å². The third kappa shape index (κ3) is 4.88. The van der Waals surface area contributed by atoms with Gasteiger partial charge in [0.15, 0.2) is 0 Å². The molecule has 0 radical (unpaired) electrons. The Morgan fingerprint density at radius 1 is 1.00 bits per heavy atom. The molecular formula is C20H22O4. The van der Waals surface area contributed by atoms with Crippen molar-refractivity contribution in [2.24, 2.45) is 0 Å². The molecule has 0 bridgehead atoms. The molecule has 0 spiro atoms. The smallest absolute Gasteiger partial charge is 0.333 e. The maximum Gasteiger partial charge on any atom is 0.333 e. The maximum atomic E-state index is 11.4. The van der Waals surface area contributed by atoms with Crippen LogP contribution in [0, 0.1) is 0 Å². The Kier molecular flexibility index (Phi) is 6.01. The molecule has 0 amide bonds. The minimum absolute atomic E-state index is 0.293. The van der Waals surface area contributed by atoms with Gasteiger partial charge in [-0.15, -0.1) is 0 Å². The van der Waals surface area contributed by atoms with Crippen LogP contribution in [0.25, 0.3) is 11.1 Å². The van der Waals surface area contributed by atoms with Crippen LogP contribution in [0.2, 0.25) is 0 Å². The molecule has 1 atom stereocenters. The van der Waals surface area contributed by atoms with Crippen LogP contribution in [-0.4, -0.2) is 25.8 Å².